The summed E-state index contributed by atoms with van der Waals surface area (Å²) in [6.45, 7) is 2.64. The van der Waals surface area contributed by atoms with Gasteiger partial charge in [-0.3, -0.25) is 14.6 Å². The number of fused-ring (bicyclic) bond motifs is 1. The molecule has 0 aliphatic carbocycles. The van der Waals surface area contributed by atoms with Crippen LogP contribution in [-0.2, 0) is 16.0 Å². The van der Waals surface area contributed by atoms with E-state index in [2.05, 4.69) is 21.1 Å². The molecule has 0 bridgehead atoms. The van der Waals surface area contributed by atoms with Crippen molar-refractivity contribution in [2.75, 3.05) is 13.1 Å². The number of Topliss-reactive ketones (excluding diaryl/α,β-unsaturated/α-hetero) is 1. The summed E-state index contributed by atoms with van der Waals surface area (Å²) in [6.07, 6.45) is 0.576. The number of halogens is 3. The van der Waals surface area contributed by atoms with E-state index in [1.807, 2.05) is 0 Å². The number of aromatic nitrogens is 3. The maximum Gasteiger partial charge on any atom is 0.389 e. The molecule has 3 heterocycles. The molecule has 2 aromatic heterocycles. The zero-order valence-electron chi connectivity index (χ0n) is 21.8. The first kappa shape index (κ1) is 28.5. The number of nitriles is 1. The molecule has 1 aliphatic heterocycles. The van der Waals surface area contributed by atoms with Crippen molar-refractivity contribution in [1.29, 1.82) is 5.26 Å². The Balaban J connectivity index is 1.47. The average molecular weight is 552 g/mol. The van der Waals surface area contributed by atoms with Crippen LogP contribution >= 0.6 is 0 Å². The SMILES string of the molecule is CC(N=CC(=CN)c1cnn2c(-c3cccc(CC(=O)CCC(F)(F)F)c3)cnc2c1)C(=O)N1CCC(C#N)C1. The van der Waals surface area contributed by atoms with Gasteiger partial charge in [0.25, 0.3) is 0 Å². The van der Waals surface area contributed by atoms with Crippen molar-refractivity contribution in [3.63, 3.8) is 0 Å². The third-order valence-corrected chi connectivity index (χ3v) is 6.66. The molecule has 1 fully saturated rings. The number of amides is 1. The van der Waals surface area contributed by atoms with Gasteiger partial charge in [-0.25, -0.2) is 9.50 Å². The fourth-order valence-corrected chi connectivity index (χ4v) is 4.47. The highest BCUT2D eigenvalue weighted by Crippen LogP contribution is 2.25. The Hall–Kier alpha value is -4.53. The molecule has 1 aromatic carbocycles. The van der Waals surface area contributed by atoms with Gasteiger partial charge in [0, 0.05) is 55.0 Å². The first-order chi connectivity index (χ1) is 19.1. The second-order valence-electron chi connectivity index (χ2n) is 9.66. The number of alkyl halides is 3. The van der Waals surface area contributed by atoms with E-state index in [-0.39, 0.29) is 18.2 Å². The van der Waals surface area contributed by atoms with Crippen molar-refractivity contribution in [2.45, 2.75) is 44.8 Å². The topological polar surface area (TPSA) is 130 Å². The molecule has 0 saturated carbocycles. The minimum Gasteiger partial charge on any atom is -0.404 e. The number of allylic oxidation sites excluding steroid dienone is 1. The highest BCUT2D eigenvalue weighted by atomic mass is 19.4. The lowest BCUT2D eigenvalue weighted by atomic mass is 10.0. The molecule has 0 radical (unpaired) electrons. The van der Waals surface area contributed by atoms with E-state index >= 15 is 0 Å². The summed E-state index contributed by atoms with van der Waals surface area (Å²) in [4.78, 5) is 35.1. The first-order valence-electron chi connectivity index (χ1n) is 12.7. The zero-order valence-corrected chi connectivity index (χ0v) is 21.8. The molecule has 2 atom stereocenters. The lowest BCUT2D eigenvalue weighted by Crippen LogP contribution is -2.35. The van der Waals surface area contributed by atoms with Crippen LogP contribution in [0.15, 0.2) is 53.9 Å². The van der Waals surface area contributed by atoms with Crippen molar-refractivity contribution < 1.29 is 22.8 Å². The lowest BCUT2D eigenvalue weighted by molar-refractivity contribution is -0.143. The van der Waals surface area contributed by atoms with Gasteiger partial charge < -0.3 is 10.6 Å². The number of carbonyl (C=O) groups is 2. The minimum absolute atomic E-state index is 0.0974. The predicted molar refractivity (Wildman–Crippen MR) is 143 cm³/mol. The average Bonchev–Trinajstić information content (AvgIpc) is 3.59. The summed E-state index contributed by atoms with van der Waals surface area (Å²) in [5, 5.41) is 13.5. The number of ketones is 1. The molecule has 4 rings (SSSR count). The van der Waals surface area contributed by atoms with Crippen LogP contribution in [0, 0.1) is 17.2 Å². The van der Waals surface area contributed by atoms with Gasteiger partial charge in [-0.05, 0) is 31.0 Å². The smallest absolute Gasteiger partial charge is 0.389 e. The number of aliphatic imine (C=N–C) groups is 1. The monoisotopic (exact) mass is 551 g/mol. The molecule has 12 heteroatoms. The Bertz CT molecular complexity index is 1500. The van der Waals surface area contributed by atoms with Crippen molar-refractivity contribution in [1.82, 2.24) is 19.5 Å². The Labute approximate surface area is 228 Å². The molecule has 1 saturated heterocycles. The van der Waals surface area contributed by atoms with E-state index in [1.54, 1.807) is 59.1 Å². The summed E-state index contributed by atoms with van der Waals surface area (Å²) in [7, 11) is 0. The number of hydrogen-bond acceptors (Lipinski definition) is 7. The van der Waals surface area contributed by atoms with E-state index in [4.69, 9.17) is 11.0 Å². The van der Waals surface area contributed by atoms with Crippen LogP contribution in [0.3, 0.4) is 0 Å². The van der Waals surface area contributed by atoms with Gasteiger partial charge in [-0.15, -0.1) is 0 Å². The Morgan fingerprint density at radius 1 is 1.30 bits per heavy atom. The van der Waals surface area contributed by atoms with E-state index in [1.165, 1.54) is 12.4 Å². The Morgan fingerprint density at radius 3 is 2.80 bits per heavy atom. The number of benzene rings is 1. The first-order valence-corrected chi connectivity index (χ1v) is 12.7. The second kappa shape index (κ2) is 12.1. The Morgan fingerprint density at radius 2 is 2.10 bits per heavy atom. The number of rotatable bonds is 9. The van der Waals surface area contributed by atoms with Crippen molar-refractivity contribution in [3.05, 3.63) is 60.1 Å². The van der Waals surface area contributed by atoms with E-state index < -0.39 is 30.8 Å². The van der Waals surface area contributed by atoms with Crippen LogP contribution in [0.2, 0.25) is 0 Å². The molecule has 2 unspecified atom stereocenters. The maximum atomic E-state index is 12.7. The van der Waals surface area contributed by atoms with Gasteiger partial charge in [0.1, 0.15) is 11.8 Å². The summed E-state index contributed by atoms with van der Waals surface area (Å²) >= 11 is 0. The van der Waals surface area contributed by atoms with Crippen LogP contribution < -0.4 is 5.73 Å². The minimum atomic E-state index is -4.37. The largest absolute Gasteiger partial charge is 0.404 e. The summed E-state index contributed by atoms with van der Waals surface area (Å²) in [5.74, 6) is -0.785. The normalized spacial score (nSPS) is 16.9. The molecule has 1 amide bonds. The number of carbonyl (C=O) groups excluding carboxylic acids is 2. The molecule has 40 heavy (non-hydrogen) atoms. The summed E-state index contributed by atoms with van der Waals surface area (Å²) < 4.78 is 38.9. The fraction of sp³-hybridized carbons (Fsp3) is 0.357. The molecule has 9 nitrogen and oxygen atoms in total. The molecular formula is C28H28F3N7O2. The van der Waals surface area contributed by atoms with Crippen LogP contribution in [0.5, 0.6) is 0 Å². The van der Waals surface area contributed by atoms with Crippen molar-refractivity contribution in [3.8, 4) is 17.3 Å². The number of hydrogen-bond donors (Lipinski definition) is 1. The van der Waals surface area contributed by atoms with Gasteiger partial charge in [0.15, 0.2) is 5.65 Å². The van der Waals surface area contributed by atoms with E-state index in [0.717, 1.165) is 0 Å². The van der Waals surface area contributed by atoms with Gasteiger partial charge in [0.2, 0.25) is 5.91 Å². The standard InChI is InChI=1S/C28H28F3N7O2/c1-18(27(40)37-8-6-20(12-32)17-37)34-14-23(13-33)22-11-26-35-16-25(38(26)36-15-22)21-4-2-3-19(9-21)10-24(39)5-7-28(29,30)31/h2-4,9,11,13-16,18,20H,5-8,10,17,33H2,1H3. The molecule has 0 spiro atoms. The third kappa shape index (κ3) is 6.91. The van der Waals surface area contributed by atoms with Crippen molar-refractivity contribution >= 4 is 29.1 Å². The van der Waals surface area contributed by atoms with Crippen molar-refractivity contribution in [2.24, 2.45) is 16.6 Å². The zero-order chi connectivity index (χ0) is 28.9. The molecular weight excluding hydrogens is 523 g/mol. The van der Waals surface area contributed by atoms with Crippen LogP contribution in [0.4, 0.5) is 13.2 Å². The predicted octanol–water partition coefficient (Wildman–Crippen LogP) is 3.98. The third-order valence-electron chi connectivity index (χ3n) is 6.66. The highest BCUT2D eigenvalue weighted by Gasteiger charge is 2.29. The number of imidazole rings is 1. The lowest BCUT2D eigenvalue weighted by Gasteiger charge is -2.18. The van der Waals surface area contributed by atoms with Gasteiger partial charge in [-0.2, -0.15) is 23.5 Å². The van der Waals surface area contributed by atoms with Crippen LogP contribution in [0.25, 0.3) is 22.5 Å². The van der Waals surface area contributed by atoms with E-state index in [9.17, 15) is 22.8 Å². The van der Waals surface area contributed by atoms with Crippen LogP contribution in [-0.4, -0.2) is 62.7 Å². The van der Waals surface area contributed by atoms with Gasteiger partial charge in [-0.1, -0.05) is 18.2 Å². The number of nitrogens with zero attached hydrogens (tertiary/aromatic N) is 6. The quantitative estimate of drug-likeness (QED) is 0.401. The van der Waals surface area contributed by atoms with Gasteiger partial charge >= 0.3 is 6.18 Å². The number of likely N-dealkylation sites (tertiary alicyclic amines) is 1. The second-order valence-corrected chi connectivity index (χ2v) is 9.66. The molecule has 208 valence electrons. The number of nitrogens with two attached hydrogens (primary N) is 1. The Kier molecular flexibility index (Phi) is 8.62. The molecule has 3 aromatic rings. The fourth-order valence-electron chi connectivity index (χ4n) is 4.47. The highest BCUT2D eigenvalue weighted by molar-refractivity contribution is 6.10. The maximum absolute atomic E-state index is 12.7. The molecule has 1 aliphatic rings. The summed E-state index contributed by atoms with van der Waals surface area (Å²) in [6, 6.07) is 10.3. The van der Waals surface area contributed by atoms with E-state index in [0.29, 0.717) is 53.1 Å². The summed E-state index contributed by atoms with van der Waals surface area (Å²) in [5.41, 5.74) is 9.46. The van der Waals surface area contributed by atoms with Crippen LogP contribution in [0.1, 0.15) is 37.3 Å². The van der Waals surface area contributed by atoms with Gasteiger partial charge in [0.05, 0.1) is 36.5 Å². The molecule has 2 N–H and O–H groups in total.